The molecule has 0 fully saturated rings. The molecule has 0 saturated heterocycles. The Balaban J connectivity index is 3.13. The van der Waals surface area contributed by atoms with Crippen molar-refractivity contribution >= 4 is 8.64 Å². The fraction of sp³-hybridized carbons (Fsp3) is 0. The highest BCUT2D eigenvalue weighted by Crippen LogP contribution is 2.01. The Bertz CT molecular complexity index is 167. The Hall–Kier alpha value is -0.833. The molecule has 42 valence electrons. The molecule has 0 amide bonds. The van der Waals surface area contributed by atoms with Gasteiger partial charge in [0.2, 0.25) is 0 Å². The van der Waals surface area contributed by atoms with E-state index in [0.717, 1.165) is 0 Å². The lowest BCUT2D eigenvalue weighted by atomic mass is 10.6. The van der Waals surface area contributed by atoms with Gasteiger partial charge in [-0.25, -0.2) is 0 Å². The summed E-state index contributed by atoms with van der Waals surface area (Å²) in [7, 11) is -1.67. The fourth-order valence-electron chi connectivity index (χ4n) is 0.464. The molecule has 1 heterocycles. The van der Waals surface area contributed by atoms with E-state index in [4.69, 9.17) is 9.90 Å². The summed E-state index contributed by atoms with van der Waals surface area (Å²) in [5, 5.41) is 8.86. The van der Waals surface area contributed by atoms with Crippen molar-refractivity contribution in [1.29, 1.82) is 0 Å². The summed E-state index contributed by atoms with van der Waals surface area (Å²) in [5.41, 5.74) is 1.61. The van der Waals surface area contributed by atoms with Crippen LogP contribution in [0.2, 0.25) is 0 Å². The zero-order chi connectivity index (χ0) is 5.98. The van der Waals surface area contributed by atoms with E-state index in [2.05, 4.69) is 0 Å². The molecular weight excluding hydrogens is 120 g/mol. The van der Waals surface area contributed by atoms with Gasteiger partial charge in [0.25, 0.3) is 0 Å². The van der Waals surface area contributed by atoms with E-state index in [1.807, 2.05) is 0 Å². The second-order valence-electron chi connectivity index (χ2n) is 1.49. The third kappa shape index (κ3) is 0.868. The molecule has 0 aromatic carbocycles. The van der Waals surface area contributed by atoms with Gasteiger partial charge in [0.15, 0.2) is 0 Å². The SMILES string of the molecule is Oc1cccc[si]1O. The Kier molecular flexibility index (Phi) is 1.30. The Morgan fingerprint density at radius 1 is 1.38 bits per heavy atom. The maximum Gasteiger partial charge on any atom is 0.304 e. The average molecular weight is 126 g/mol. The van der Waals surface area contributed by atoms with Crippen LogP contribution in [0.1, 0.15) is 0 Å². The quantitative estimate of drug-likeness (QED) is 0.487. The highest BCUT2D eigenvalue weighted by atomic mass is 28.3. The van der Waals surface area contributed by atoms with Crippen LogP contribution in [0.5, 0.6) is 5.36 Å². The molecule has 8 heavy (non-hydrogen) atoms. The second-order valence-corrected chi connectivity index (χ2v) is 3.10. The van der Waals surface area contributed by atoms with Crippen LogP contribution >= 0.6 is 0 Å². The minimum Gasteiger partial charge on any atom is -0.561 e. The maximum absolute atomic E-state index is 8.85. The average Bonchev–Trinajstić information content (AvgIpc) is 1.77. The highest BCUT2D eigenvalue weighted by Gasteiger charge is 1.93. The first-order valence-electron chi connectivity index (χ1n) is 2.27. The molecule has 0 aliphatic carbocycles. The van der Waals surface area contributed by atoms with Crippen molar-refractivity contribution in [2.24, 2.45) is 0 Å². The smallest absolute Gasteiger partial charge is 0.304 e. The van der Waals surface area contributed by atoms with Crippen LogP contribution in [0.15, 0.2) is 23.9 Å². The zero-order valence-corrected chi connectivity index (χ0v) is 5.20. The maximum atomic E-state index is 8.85. The first-order chi connectivity index (χ1) is 3.80. The van der Waals surface area contributed by atoms with Crippen LogP contribution in [0, 0.1) is 0 Å². The van der Waals surface area contributed by atoms with Crippen LogP contribution in [0.3, 0.4) is 0 Å². The van der Waals surface area contributed by atoms with Crippen molar-refractivity contribution in [3.05, 3.63) is 23.9 Å². The molecule has 3 heteroatoms. The standard InChI is InChI=1S/C5H6O2Si/c6-5-3-1-2-4-8(5)7/h1-4,6-7H. The second kappa shape index (κ2) is 1.96. The molecule has 0 spiro atoms. The summed E-state index contributed by atoms with van der Waals surface area (Å²) in [4.78, 5) is 8.85. The van der Waals surface area contributed by atoms with Gasteiger partial charge in [0.05, 0.1) is 0 Å². The lowest BCUT2D eigenvalue weighted by Gasteiger charge is -1.89. The molecule has 0 radical (unpaired) electrons. The van der Waals surface area contributed by atoms with Crippen LogP contribution in [-0.2, 0) is 0 Å². The van der Waals surface area contributed by atoms with Gasteiger partial charge in [-0.1, -0.05) is 12.1 Å². The minimum atomic E-state index is -1.67. The normalized spacial score (nSPS) is 9.00. The summed E-state index contributed by atoms with van der Waals surface area (Å²) in [5.74, 6) is 0. The molecule has 1 rings (SSSR count). The van der Waals surface area contributed by atoms with Crippen LogP contribution in [0.4, 0.5) is 0 Å². The van der Waals surface area contributed by atoms with Gasteiger partial charge in [-0.05, 0) is 11.7 Å². The van der Waals surface area contributed by atoms with E-state index < -0.39 is 8.64 Å². The van der Waals surface area contributed by atoms with Crippen molar-refractivity contribution in [3.8, 4) is 5.36 Å². The van der Waals surface area contributed by atoms with E-state index in [1.165, 1.54) is 6.07 Å². The summed E-state index contributed by atoms with van der Waals surface area (Å²) < 4.78 is 0. The van der Waals surface area contributed by atoms with Gasteiger partial charge in [0, 0.05) is 0 Å². The van der Waals surface area contributed by atoms with Gasteiger partial charge in [-0.3, -0.25) is 0 Å². The van der Waals surface area contributed by atoms with Gasteiger partial charge in [-0.2, -0.15) is 0 Å². The first-order valence-corrected chi connectivity index (χ1v) is 3.80. The molecule has 1 aromatic rings. The van der Waals surface area contributed by atoms with E-state index in [9.17, 15) is 0 Å². The lowest BCUT2D eigenvalue weighted by Crippen LogP contribution is -1.91. The molecule has 0 aliphatic rings. The predicted molar refractivity (Wildman–Crippen MR) is 31.7 cm³/mol. The Labute approximate surface area is 48.7 Å². The molecule has 1 aromatic heterocycles. The van der Waals surface area contributed by atoms with E-state index in [-0.39, 0.29) is 5.36 Å². The van der Waals surface area contributed by atoms with Crippen molar-refractivity contribution in [2.45, 2.75) is 0 Å². The predicted octanol–water partition coefficient (Wildman–Crippen LogP) is 0.173. The van der Waals surface area contributed by atoms with Gasteiger partial charge in [-0.15, -0.1) is 0 Å². The monoisotopic (exact) mass is 126 g/mol. The number of rotatable bonds is 0. The molecule has 0 unspecified atom stereocenters. The first kappa shape index (κ1) is 5.31. The largest absolute Gasteiger partial charge is 0.561 e. The van der Waals surface area contributed by atoms with Crippen molar-refractivity contribution < 1.29 is 9.90 Å². The molecule has 0 aliphatic heterocycles. The van der Waals surface area contributed by atoms with Gasteiger partial charge < -0.3 is 9.90 Å². The summed E-state index contributed by atoms with van der Waals surface area (Å²) in [6.07, 6.45) is 0. The van der Waals surface area contributed by atoms with Crippen molar-refractivity contribution in [1.82, 2.24) is 0 Å². The highest BCUT2D eigenvalue weighted by molar-refractivity contribution is 6.47. The number of hydrogen-bond donors (Lipinski definition) is 2. The van der Waals surface area contributed by atoms with Crippen LogP contribution < -0.4 is 0 Å². The molecule has 2 nitrogen and oxygen atoms in total. The molecular formula is C5H6O2Si. The third-order valence-electron chi connectivity index (χ3n) is 0.882. The number of aromatic hydroxyl groups is 1. The van der Waals surface area contributed by atoms with Crippen LogP contribution in [-0.4, -0.2) is 18.5 Å². The Morgan fingerprint density at radius 3 is 2.50 bits per heavy atom. The molecule has 0 saturated carbocycles. The zero-order valence-electron chi connectivity index (χ0n) is 4.20. The van der Waals surface area contributed by atoms with Crippen molar-refractivity contribution in [3.63, 3.8) is 0 Å². The molecule has 0 bridgehead atoms. The van der Waals surface area contributed by atoms with E-state index >= 15 is 0 Å². The fourth-order valence-corrected chi connectivity index (χ4v) is 1.20. The number of hydrogen-bond acceptors (Lipinski definition) is 2. The minimum absolute atomic E-state index is 0.109. The van der Waals surface area contributed by atoms with Crippen LogP contribution in [0.25, 0.3) is 0 Å². The Morgan fingerprint density at radius 2 is 2.12 bits per heavy atom. The third-order valence-corrected chi connectivity index (χ3v) is 2.08. The summed E-state index contributed by atoms with van der Waals surface area (Å²) in [6.45, 7) is 0. The summed E-state index contributed by atoms with van der Waals surface area (Å²) in [6, 6.07) is 4.93. The van der Waals surface area contributed by atoms with Gasteiger partial charge >= 0.3 is 8.64 Å². The van der Waals surface area contributed by atoms with Gasteiger partial charge in [0.1, 0.15) is 5.36 Å². The molecule has 2 N–H and O–H groups in total. The molecule has 0 atom stereocenters. The lowest BCUT2D eigenvalue weighted by molar-refractivity contribution is 0.469. The van der Waals surface area contributed by atoms with Crippen molar-refractivity contribution in [2.75, 3.05) is 0 Å². The topological polar surface area (TPSA) is 40.5 Å². The van der Waals surface area contributed by atoms with E-state index in [1.54, 1.807) is 17.8 Å². The van der Waals surface area contributed by atoms with E-state index in [0.29, 0.717) is 0 Å². The summed E-state index contributed by atoms with van der Waals surface area (Å²) >= 11 is 0.